The summed E-state index contributed by atoms with van der Waals surface area (Å²) in [6, 6.07) is 9.43. The average Bonchev–Trinajstić information content (AvgIpc) is 2.35. The molecule has 0 amide bonds. The van der Waals surface area contributed by atoms with Crippen LogP contribution in [0.25, 0.3) is 0 Å². The van der Waals surface area contributed by atoms with Crippen LogP contribution in [0.15, 0.2) is 30.3 Å². The highest BCUT2D eigenvalue weighted by Gasteiger charge is 2.12. The molecule has 5 heteroatoms. The van der Waals surface area contributed by atoms with Gasteiger partial charge in [-0.15, -0.1) is 0 Å². The van der Waals surface area contributed by atoms with Crippen molar-refractivity contribution in [2.75, 3.05) is 13.1 Å². The number of carboxylic acid groups (broad SMARTS) is 1. The molecule has 0 aromatic heterocycles. The van der Waals surface area contributed by atoms with Crippen molar-refractivity contribution in [3.05, 3.63) is 35.9 Å². The minimum atomic E-state index is -2.37. The van der Waals surface area contributed by atoms with E-state index in [-0.39, 0.29) is 13.0 Å². The number of benzene rings is 1. The van der Waals surface area contributed by atoms with Gasteiger partial charge in [0.1, 0.15) is 0 Å². The Morgan fingerprint density at radius 2 is 1.89 bits per heavy atom. The summed E-state index contributed by atoms with van der Waals surface area (Å²) < 4.78 is 25.0. The van der Waals surface area contributed by atoms with Gasteiger partial charge in [-0.05, 0) is 24.9 Å². The Morgan fingerprint density at radius 3 is 2.47 bits per heavy atom. The summed E-state index contributed by atoms with van der Waals surface area (Å²) in [6.07, 6.45) is -1.15. The predicted octanol–water partition coefficient (Wildman–Crippen LogP) is 3.01. The van der Waals surface area contributed by atoms with E-state index in [0.29, 0.717) is 25.9 Å². The van der Waals surface area contributed by atoms with Gasteiger partial charge in [0.2, 0.25) is 0 Å². The Balaban J connectivity index is 2.40. The molecule has 106 valence electrons. The van der Waals surface area contributed by atoms with Gasteiger partial charge in [-0.1, -0.05) is 30.3 Å². The third-order valence-corrected chi connectivity index (χ3v) is 2.76. The van der Waals surface area contributed by atoms with E-state index in [1.807, 2.05) is 30.3 Å². The van der Waals surface area contributed by atoms with Gasteiger partial charge in [0.15, 0.2) is 0 Å². The van der Waals surface area contributed by atoms with Crippen LogP contribution in [0, 0.1) is 0 Å². The standard InChI is InChI=1S/C14H19F2NO2/c15-13(16)11-17(9-5-4-8-14(18)19)10-12-6-2-1-3-7-12/h1-3,6-7,13H,4-5,8-11H2,(H,18,19). The zero-order chi connectivity index (χ0) is 14.1. The van der Waals surface area contributed by atoms with Crippen LogP contribution in [-0.2, 0) is 11.3 Å². The van der Waals surface area contributed by atoms with Crippen LogP contribution in [0.4, 0.5) is 8.78 Å². The summed E-state index contributed by atoms with van der Waals surface area (Å²) in [5.41, 5.74) is 0.987. The third kappa shape index (κ3) is 7.51. The maximum absolute atomic E-state index is 12.5. The van der Waals surface area contributed by atoms with Crippen LogP contribution in [0.3, 0.4) is 0 Å². The van der Waals surface area contributed by atoms with E-state index in [2.05, 4.69) is 0 Å². The summed E-state index contributed by atoms with van der Waals surface area (Å²) in [4.78, 5) is 12.0. The minimum absolute atomic E-state index is 0.0911. The van der Waals surface area contributed by atoms with Crippen LogP contribution in [0.1, 0.15) is 24.8 Å². The first-order valence-electron chi connectivity index (χ1n) is 6.34. The predicted molar refractivity (Wildman–Crippen MR) is 69.2 cm³/mol. The highest BCUT2D eigenvalue weighted by molar-refractivity contribution is 5.66. The van der Waals surface area contributed by atoms with Crippen molar-refractivity contribution < 1.29 is 18.7 Å². The highest BCUT2D eigenvalue weighted by atomic mass is 19.3. The molecular weight excluding hydrogens is 252 g/mol. The van der Waals surface area contributed by atoms with Gasteiger partial charge in [-0.25, -0.2) is 8.78 Å². The number of halogens is 2. The fraction of sp³-hybridized carbons (Fsp3) is 0.500. The number of aliphatic carboxylic acids is 1. The minimum Gasteiger partial charge on any atom is -0.481 e. The second kappa shape index (κ2) is 8.58. The van der Waals surface area contributed by atoms with Crippen molar-refractivity contribution in [2.45, 2.75) is 32.2 Å². The Hall–Kier alpha value is -1.49. The molecule has 1 aromatic rings. The van der Waals surface area contributed by atoms with E-state index in [4.69, 9.17) is 5.11 Å². The van der Waals surface area contributed by atoms with Gasteiger partial charge in [0.05, 0.1) is 6.54 Å². The van der Waals surface area contributed by atoms with E-state index in [0.717, 1.165) is 5.56 Å². The lowest BCUT2D eigenvalue weighted by atomic mass is 10.2. The van der Waals surface area contributed by atoms with Gasteiger partial charge < -0.3 is 5.11 Å². The summed E-state index contributed by atoms with van der Waals surface area (Å²) in [7, 11) is 0. The van der Waals surface area contributed by atoms with Gasteiger partial charge in [0.25, 0.3) is 6.43 Å². The molecule has 0 radical (unpaired) electrons. The Kier molecular flexibility index (Phi) is 7.03. The Labute approximate surface area is 111 Å². The molecule has 0 spiro atoms. The van der Waals surface area contributed by atoms with E-state index >= 15 is 0 Å². The summed E-state index contributed by atoms with van der Waals surface area (Å²) in [5, 5.41) is 8.53. The molecular formula is C14H19F2NO2. The molecule has 1 aromatic carbocycles. The van der Waals surface area contributed by atoms with E-state index in [1.165, 1.54) is 0 Å². The summed E-state index contributed by atoms with van der Waals surface area (Å²) >= 11 is 0. The maximum Gasteiger partial charge on any atom is 0.303 e. The Bertz CT molecular complexity index is 371. The fourth-order valence-corrected chi connectivity index (χ4v) is 1.88. The van der Waals surface area contributed by atoms with Crippen LogP contribution in [-0.4, -0.2) is 35.5 Å². The van der Waals surface area contributed by atoms with Crippen molar-refractivity contribution in [1.29, 1.82) is 0 Å². The number of unbranched alkanes of at least 4 members (excludes halogenated alkanes) is 1. The number of carboxylic acids is 1. The first-order chi connectivity index (χ1) is 9.08. The highest BCUT2D eigenvalue weighted by Crippen LogP contribution is 2.09. The number of carbonyl (C=O) groups is 1. The molecule has 0 aliphatic heterocycles. The van der Waals surface area contributed by atoms with Gasteiger partial charge >= 0.3 is 5.97 Å². The summed E-state index contributed by atoms with van der Waals surface area (Å²) in [6.45, 7) is 0.687. The Morgan fingerprint density at radius 1 is 1.21 bits per heavy atom. The first kappa shape index (κ1) is 15.6. The monoisotopic (exact) mass is 271 g/mol. The number of hydrogen-bond donors (Lipinski definition) is 1. The molecule has 19 heavy (non-hydrogen) atoms. The lowest BCUT2D eigenvalue weighted by Gasteiger charge is -2.21. The molecule has 0 saturated heterocycles. The molecule has 0 bridgehead atoms. The lowest BCUT2D eigenvalue weighted by molar-refractivity contribution is -0.137. The third-order valence-electron chi connectivity index (χ3n) is 2.76. The topological polar surface area (TPSA) is 40.5 Å². The van der Waals surface area contributed by atoms with Crippen LogP contribution >= 0.6 is 0 Å². The van der Waals surface area contributed by atoms with Crippen molar-refractivity contribution >= 4 is 5.97 Å². The fourth-order valence-electron chi connectivity index (χ4n) is 1.88. The zero-order valence-corrected chi connectivity index (χ0v) is 10.8. The van der Waals surface area contributed by atoms with Crippen molar-refractivity contribution in [2.24, 2.45) is 0 Å². The van der Waals surface area contributed by atoms with Crippen molar-refractivity contribution in [3.8, 4) is 0 Å². The normalized spacial score (nSPS) is 11.2. The maximum atomic E-state index is 12.5. The zero-order valence-electron chi connectivity index (χ0n) is 10.8. The molecule has 0 fully saturated rings. The second-order valence-electron chi connectivity index (χ2n) is 4.46. The van der Waals surface area contributed by atoms with Gasteiger partial charge in [-0.3, -0.25) is 9.69 Å². The molecule has 0 atom stereocenters. The molecule has 3 nitrogen and oxygen atoms in total. The molecule has 1 N–H and O–H groups in total. The van der Waals surface area contributed by atoms with Crippen LogP contribution < -0.4 is 0 Å². The number of alkyl halides is 2. The summed E-state index contributed by atoms with van der Waals surface area (Å²) in [5.74, 6) is -0.844. The first-order valence-corrected chi connectivity index (χ1v) is 6.34. The average molecular weight is 271 g/mol. The van der Waals surface area contributed by atoms with Crippen molar-refractivity contribution in [3.63, 3.8) is 0 Å². The van der Waals surface area contributed by atoms with E-state index < -0.39 is 12.4 Å². The molecule has 0 aliphatic rings. The molecule has 0 unspecified atom stereocenters. The van der Waals surface area contributed by atoms with Crippen LogP contribution in [0.5, 0.6) is 0 Å². The number of rotatable bonds is 9. The molecule has 0 aliphatic carbocycles. The molecule has 0 heterocycles. The quantitative estimate of drug-likeness (QED) is 0.702. The largest absolute Gasteiger partial charge is 0.481 e. The number of nitrogens with zero attached hydrogens (tertiary/aromatic N) is 1. The van der Waals surface area contributed by atoms with Gasteiger partial charge in [-0.2, -0.15) is 0 Å². The van der Waals surface area contributed by atoms with Crippen LogP contribution in [0.2, 0.25) is 0 Å². The van der Waals surface area contributed by atoms with Crippen molar-refractivity contribution in [1.82, 2.24) is 4.90 Å². The molecule has 1 rings (SSSR count). The molecule has 0 saturated carbocycles. The lowest BCUT2D eigenvalue weighted by Crippen LogP contribution is -2.29. The second-order valence-corrected chi connectivity index (χ2v) is 4.46. The van der Waals surface area contributed by atoms with E-state index in [1.54, 1.807) is 4.90 Å². The SMILES string of the molecule is O=C(O)CCCCN(Cc1ccccc1)CC(F)F. The van der Waals surface area contributed by atoms with Gasteiger partial charge in [0, 0.05) is 13.0 Å². The van der Waals surface area contributed by atoms with E-state index in [9.17, 15) is 13.6 Å². The smallest absolute Gasteiger partial charge is 0.303 e. The number of hydrogen-bond acceptors (Lipinski definition) is 2.